The Kier molecular flexibility index (Phi) is 3.37. The first-order chi connectivity index (χ1) is 10.1. The van der Waals surface area contributed by atoms with E-state index in [-0.39, 0.29) is 0 Å². The van der Waals surface area contributed by atoms with Crippen molar-refractivity contribution < 1.29 is 0 Å². The van der Waals surface area contributed by atoms with Crippen LogP contribution >= 0.6 is 0 Å². The molecular weight excluding hydrogens is 254 g/mol. The molecule has 1 aromatic rings. The van der Waals surface area contributed by atoms with Crippen molar-refractivity contribution in [3.63, 3.8) is 0 Å². The summed E-state index contributed by atoms with van der Waals surface area (Å²) in [5.74, 6) is 1.74. The molecule has 3 aliphatic carbocycles. The van der Waals surface area contributed by atoms with Crippen LogP contribution in [0.1, 0.15) is 57.1 Å². The molecule has 2 saturated carbocycles. The Labute approximate surface area is 129 Å². The number of fused-ring (bicyclic) bond motifs is 3. The Morgan fingerprint density at radius 1 is 0.952 bits per heavy atom. The van der Waals surface area contributed by atoms with E-state index < -0.39 is 0 Å². The van der Waals surface area contributed by atoms with Crippen molar-refractivity contribution >= 4 is 0 Å². The minimum Gasteiger partial charge on any atom is -0.310 e. The summed E-state index contributed by atoms with van der Waals surface area (Å²) in [4.78, 5) is 0. The van der Waals surface area contributed by atoms with Gasteiger partial charge in [0.1, 0.15) is 0 Å². The van der Waals surface area contributed by atoms with Crippen LogP contribution in [0.3, 0.4) is 0 Å². The summed E-state index contributed by atoms with van der Waals surface area (Å²) < 4.78 is 0. The fraction of sp³-hybridized carbons (Fsp3) is 0.700. The Morgan fingerprint density at radius 3 is 2.10 bits per heavy atom. The van der Waals surface area contributed by atoms with Crippen molar-refractivity contribution in [3.8, 4) is 0 Å². The molecule has 0 heterocycles. The molecular formula is C20H29N. The molecule has 2 fully saturated rings. The summed E-state index contributed by atoms with van der Waals surface area (Å²) in [5, 5.41) is 4.14. The third kappa shape index (κ3) is 2.44. The molecule has 0 aromatic heterocycles. The molecule has 0 aliphatic heterocycles. The first kappa shape index (κ1) is 13.8. The molecule has 1 N–H and O–H groups in total. The SMILES string of the molecule is CC1(C)CCCC1NC1C2CCC1Cc1ccccc1C2. The lowest BCUT2D eigenvalue weighted by Crippen LogP contribution is -2.48. The lowest BCUT2D eigenvalue weighted by molar-refractivity contribution is 0.221. The second kappa shape index (κ2) is 5.12. The summed E-state index contributed by atoms with van der Waals surface area (Å²) >= 11 is 0. The third-order valence-corrected chi connectivity index (χ3v) is 6.66. The third-order valence-electron chi connectivity index (χ3n) is 6.66. The van der Waals surface area contributed by atoms with Gasteiger partial charge in [-0.3, -0.25) is 0 Å². The van der Waals surface area contributed by atoms with Gasteiger partial charge in [-0.15, -0.1) is 0 Å². The molecule has 0 spiro atoms. The van der Waals surface area contributed by atoms with Gasteiger partial charge in [0, 0.05) is 12.1 Å². The number of hydrogen-bond donors (Lipinski definition) is 1. The van der Waals surface area contributed by atoms with Crippen molar-refractivity contribution in [2.75, 3.05) is 0 Å². The zero-order valence-electron chi connectivity index (χ0n) is 13.6. The van der Waals surface area contributed by atoms with Crippen LogP contribution in [0, 0.1) is 17.3 Å². The van der Waals surface area contributed by atoms with E-state index in [2.05, 4.69) is 43.4 Å². The van der Waals surface area contributed by atoms with Crippen LogP contribution in [0.4, 0.5) is 0 Å². The molecule has 0 radical (unpaired) electrons. The van der Waals surface area contributed by atoms with Crippen LogP contribution in [0.5, 0.6) is 0 Å². The zero-order chi connectivity index (χ0) is 14.4. The highest BCUT2D eigenvalue weighted by molar-refractivity contribution is 5.31. The topological polar surface area (TPSA) is 12.0 Å². The first-order valence-corrected chi connectivity index (χ1v) is 8.96. The average molecular weight is 283 g/mol. The lowest BCUT2D eigenvalue weighted by atomic mass is 9.85. The van der Waals surface area contributed by atoms with Gasteiger partial charge in [-0.2, -0.15) is 0 Å². The smallest absolute Gasteiger partial charge is 0.0133 e. The highest BCUT2D eigenvalue weighted by atomic mass is 15.0. The molecule has 1 nitrogen and oxygen atoms in total. The molecule has 2 bridgehead atoms. The van der Waals surface area contributed by atoms with Gasteiger partial charge in [0.15, 0.2) is 0 Å². The van der Waals surface area contributed by atoms with Gasteiger partial charge in [0.2, 0.25) is 0 Å². The van der Waals surface area contributed by atoms with E-state index in [0.29, 0.717) is 5.41 Å². The summed E-state index contributed by atoms with van der Waals surface area (Å²) in [5.41, 5.74) is 3.75. The van der Waals surface area contributed by atoms with Crippen molar-refractivity contribution in [2.24, 2.45) is 17.3 Å². The van der Waals surface area contributed by atoms with Gasteiger partial charge in [0.25, 0.3) is 0 Å². The zero-order valence-corrected chi connectivity index (χ0v) is 13.6. The highest BCUT2D eigenvalue weighted by Gasteiger charge is 2.43. The second-order valence-electron chi connectivity index (χ2n) is 8.40. The number of nitrogens with one attached hydrogen (secondary N) is 1. The van der Waals surface area contributed by atoms with Crippen molar-refractivity contribution in [3.05, 3.63) is 35.4 Å². The van der Waals surface area contributed by atoms with Crippen molar-refractivity contribution in [2.45, 2.75) is 70.9 Å². The van der Waals surface area contributed by atoms with E-state index in [9.17, 15) is 0 Å². The van der Waals surface area contributed by atoms with Crippen LogP contribution in [-0.2, 0) is 12.8 Å². The van der Waals surface area contributed by atoms with Gasteiger partial charge >= 0.3 is 0 Å². The number of rotatable bonds is 2. The van der Waals surface area contributed by atoms with E-state index in [0.717, 1.165) is 23.9 Å². The molecule has 3 unspecified atom stereocenters. The quantitative estimate of drug-likeness (QED) is 0.851. The monoisotopic (exact) mass is 283 g/mol. The van der Waals surface area contributed by atoms with E-state index in [4.69, 9.17) is 0 Å². The molecule has 114 valence electrons. The van der Waals surface area contributed by atoms with Gasteiger partial charge in [-0.1, -0.05) is 44.5 Å². The van der Waals surface area contributed by atoms with Crippen molar-refractivity contribution in [1.29, 1.82) is 0 Å². The normalized spacial score (nSPS) is 37.2. The molecule has 21 heavy (non-hydrogen) atoms. The maximum absolute atomic E-state index is 4.14. The Bertz CT molecular complexity index is 485. The minimum absolute atomic E-state index is 0.499. The van der Waals surface area contributed by atoms with Gasteiger partial charge in [0.05, 0.1) is 0 Å². The summed E-state index contributed by atoms with van der Waals surface area (Å²) in [6.07, 6.45) is 9.67. The van der Waals surface area contributed by atoms with Gasteiger partial charge in [-0.05, 0) is 66.9 Å². The fourth-order valence-electron chi connectivity index (χ4n) is 5.29. The van der Waals surface area contributed by atoms with Crippen molar-refractivity contribution in [1.82, 2.24) is 5.32 Å². The van der Waals surface area contributed by atoms with E-state index in [1.54, 1.807) is 11.1 Å². The molecule has 1 aromatic carbocycles. The second-order valence-corrected chi connectivity index (χ2v) is 8.40. The highest BCUT2D eigenvalue weighted by Crippen LogP contribution is 2.43. The maximum Gasteiger partial charge on any atom is 0.0133 e. The van der Waals surface area contributed by atoms with Crippen LogP contribution < -0.4 is 5.32 Å². The maximum atomic E-state index is 4.14. The Hall–Kier alpha value is -0.820. The molecule has 4 rings (SSSR count). The minimum atomic E-state index is 0.499. The van der Waals surface area contributed by atoms with Crippen LogP contribution in [0.25, 0.3) is 0 Å². The molecule has 1 heteroatoms. The summed E-state index contributed by atoms with van der Waals surface area (Å²) in [7, 11) is 0. The Morgan fingerprint density at radius 2 is 1.57 bits per heavy atom. The van der Waals surface area contributed by atoms with Gasteiger partial charge in [-0.25, -0.2) is 0 Å². The van der Waals surface area contributed by atoms with Crippen LogP contribution in [-0.4, -0.2) is 12.1 Å². The molecule has 3 aliphatic rings. The number of benzene rings is 1. The molecule has 0 saturated heterocycles. The number of hydrogen-bond acceptors (Lipinski definition) is 1. The van der Waals surface area contributed by atoms with E-state index in [1.807, 2.05) is 0 Å². The predicted molar refractivity (Wildman–Crippen MR) is 88.4 cm³/mol. The molecule has 3 atom stereocenters. The van der Waals surface area contributed by atoms with Crippen LogP contribution in [0.2, 0.25) is 0 Å². The summed E-state index contributed by atoms with van der Waals surface area (Å²) in [6, 6.07) is 10.7. The molecule has 0 amide bonds. The predicted octanol–water partition coefficient (Wildman–Crippen LogP) is 4.35. The fourth-order valence-corrected chi connectivity index (χ4v) is 5.29. The standard InChI is InChI=1S/C20H29N/c1-20(2)11-5-8-18(20)21-19-16-9-10-17(19)13-15-7-4-3-6-14(15)12-16/h3-4,6-7,16-19,21H,5,8-13H2,1-2H3. The van der Waals surface area contributed by atoms with Gasteiger partial charge < -0.3 is 5.32 Å². The largest absolute Gasteiger partial charge is 0.310 e. The first-order valence-electron chi connectivity index (χ1n) is 8.96. The Balaban J connectivity index is 1.55. The van der Waals surface area contributed by atoms with Crippen LogP contribution in [0.15, 0.2) is 24.3 Å². The van der Waals surface area contributed by atoms with E-state index in [1.165, 1.54) is 44.9 Å². The lowest BCUT2D eigenvalue weighted by Gasteiger charge is -2.34. The summed E-state index contributed by atoms with van der Waals surface area (Å²) in [6.45, 7) is 4.93. The average Bonchev–Trinajstić information content (AvgIpc) is 2.91. The van der Waals surface area contributed by atoms with E-state index >= 15 is 0 Å².